The van der Waals surface area contributed by atoms with Gasteiger partial charge in [-0.2, -0.15) is 9.52 Å². The molecule has 0 bridgehead atoms. The molecule has 0 amide bonds. The summed E-state index contributed by atoms with van der Waals surface area (Å²) >= 11 is 3.41. The Morgan fingerprint density at radius 2 is 2.04 bits per heavy atom. The van der Waals surface area contributed by atoms with Crippen LogP contribution in [0.4, 0.5) is 0 Å². The van der Waals surface area contributed by atoms with Crippen LogP contribution in [0.3, 0.4) is 0 Å². The summed E-state index contributed by atoms with van der Waals surface area (Å²) in [5.74, 6) is 0.712. The first-order valence-electron chi connectivity index (χ1n) is 7.90. The molecule has 24 heavy (non-hydrogen) atoms. The molecule has 5 nitrogen and oxygen atoms in total. The number of rotatable bonds is 6. The van der Waals surface area contributed by atoms with Crippen molar-refractivity contribution in [2.75, 3.05) is 5.75 Å². The average Bonchev–Trinajstić information content (AvgIpc) is 3.23. The third kappa shape index (κ3) is 3.57. The van der Waals surface area contributed by atoms with Gasteiger partial charge in [0.25, 0.3) is 10.0 Å². The van der Waals surface area contributed by atoms with Crippen LogP contribution in [-0.4, -0.2) is 24.3 Å². The lowest BCUT2D eigenvalue weighted by atomic mass is 10.0. The molecule has 0 spiro atoms. The molecule has 0 N–H and O–H groups in total. The molecule has 2 heterocycles. The second-order valence-electron chi connectivity index (χ2n) is 5.73. The predicted molar refractivity (Wildman–Crippen MR) is 97.3 cm³/mol. The van der Waals surface area contributed by atoms with Crippen molar-refractivity contribution in [2.45, 2.75) is 32.2 Å². The van der Waals surface area contributed by atoms with Gasteiger partial charge in [0.15, 0.2) is 0 Å². The van der Waals surface area contributed by atoms with Gasteiger partial charge in [-0.25, -0.2) is 8.42 Å². The smallest absolute Gasteiger partial charge is 0.250 e. The van der Waals surface area contributed by atoms with E-state index in [1.807, 2.05) is 31.2 Å². The van der Waals surface area contributed by atoms with Gasteiger partial charge in [0.05, 0.1) is 17.7 Å². The van der Waals surface area contributed by atoms with E-state index < -0.39 is 16.1 Å². The van der Waals surface area contributed by atoms with Crippen LogP contribution in [0, 0.1) is 0 Å². The zero-order valence-electron chi connectivity index (χ0n) is 13.4. The summed E-state index contributed by atoms with van der Waals surface area (Å²) in [7, 11) is -3.47. The number of furan rings is 1. The van der Waals surface area contributed by atoms with Gasteiger partial charge in [-0.15, -0.1) is 0 Å². The molecular formula is C17H19BrN2O3S. The predicted octanol–water partition coefficient (Wildman–Crippen LogP) is 4.32. The molecule has 0 unspecified atom stereocenters. The molecule has 1 atom stereocenters. The molecule has 7 heteroatoms. The standard InChI is InChI=1S/C17H19BrN2O3S/c1-2-3-11-24(21,22)20-16(17-5-4-10-23-17)12-15(19-20)13-6-8-14(18)9-7-13/h4-10,16H,2-3,11-12H2,1H3/t16-/m1/s1. The molecule has 1 aromatic heterocycles. The minimum Gasteiger partial charge on any atom is -0.467 e. The Kier molecular flexibility index (Phi) is 5.10. The Hall–Kier alpha value is -1.60. The molecule has 1 aliphatic heterocycles. The highest BCUT2D eigenvalue weighted by atomic mass is 79.9. The number of halogens is 1. The molecule has 0 aliphatic carbocycles. The first-order chi connectivity index (χ1) is 11.5. The highest BCUT2D eigenvalue weighted by Crippen LogP contribution is 2.35. The Labute approximate surface area is 150 Å². The quantitative estimate of drug-likeness (QED) is 0.711. The molecule has 0 saturated heterocycles. The monoisotopic (exact) mass is 410 g/mol. The van der Waals surface area contributed by atoms with Gasteiger partial charge in [0.2, 0.25) is 0 Å². The van der Waals surface area contributed by atoms with Gasteiger partial charge in [-0.1, -0.05) is 41.4 Å². The molecule has 3 rings (SSSR count). The third-order valence-electron chi connectivity index (χ3n) is 3.96. The van der Waals surface area contributed by atoms with E-state index in [1.54, 1.807) is 18.4 Å². The summed E-state index contributed by atoms with van der Waals surface area (Å²) in [4.78, 5) is 0. The fourth-order valence-electron chi connectivity index (χ4n) is 2.68. The van der Waals surface area contributed by atoms with Crippen LogP contribution in [0.25, 0.3) is 0 Å². The lowest BCUT2D eigenvalue weighted by molar-refractivity contribution is 0.320. The highest BCUT2D eigenvalue weighted by Gasteiger charge is 2.37. The van der Waals surface area contributed by atoms with Crippen LogP contribution in [0.5, 0.6) is 0 Å². The fourth-order valence-corrected chi connectivity index (χ4v) is 4.57. The van der Waals surface area contributed by atoms with Crippen molar-refractivity contribution in [3.63, 3.8) is 0 Å². The van der Waals surface area contributed by atoms with E-state index >= 15 is 0 Å². The first-order valence-corrected chi connectivity index (χ1v) is 10.3. The summed E-state index contributed by atoms with van der Waals surface area (Å²) in [6.07, 6.45) is 3.50. The second kappa shape index (κ2) is 7.11. The van der Waals surface area contributed by atoms with Crippen LogP contribution in [-0.2, 0) is 10.0 Å². The molecular weight excluding hydrogens is 392 g/mol. The molecule has 0 fully saturated rings. The van der Waals surface area contributed by atoms with Crippen LogP contribution in [0.2, 0.25) is 0 Å². The van der Waals surface area contributed by atoms with Gasteiger partial charge < -0.3 is 4.42 Å². The molecule has 0 saturated carbocycles. The van der Waals surface area contributed by atoms with Gasteiger partial charge >= 0.3 is 0 Å². The highest BCUT2D eigenvalue weighted by molar-refractivity contribution is 9.10. The average molecular weight is 411 g/mol. The molecule has 0 radical (unpaired) electrons. The van der Waals surface area contributed by atoms with Crippen molar-refractivity contribution >= 4 is 31.7 Å². The van der Waals surface area contributed by atoms with Crippen molar-refractivity contribution < 1.29 is 12.8 Å². The largest absolute Gasteiger partial charge is 0.467 e. The SMILES string of the molecule is CCCCS(=O)(=O)N1N=C(c2ccc(Br)cc2)C[C@@H]1c1ccco1. The van der Waals surface area contributed by atoms with Gasteiger partial charge in [0.1, 0.15) is 11.8 Å². The first kappa shape index (κ1) is 17.2. The number of nitrogens with zero attached hydrogens (tertiary/aromatic N) is 2. The Morgan fingerprint density at radius 1 is 1.29 bits per heavy atom. The van der Waals surface area contributed by atoms with E-state index in [2.05, 4.69) is 21.0 Å². The molecule has 2 aromatic rings. The summed E-state index contributed by atoms with van der Waals surface area (Å²) in [6.45, 7) is 1.97. The molecule has 128 valence electrons. The van der Waals surface area contributed by atoms with E-state index in [0.717, 1.165) is 22.2 Å². The van der Waals surface area contributed by atoms with E-state index in [9.17, 15) is 8.42 Å². The zero-order valence-corrected chi connectivity index (χ0v) is 15.8. The number of hydrazone groups is 1. The molecule has 1 aliphatic rings. The van der Waals surface area contributed by atoms with Crippen LogP contribution in [0.15, 0.2) is 56.7 Å². The third-order valence-corrected chi connectivity index (χ3v) is 6.20. The summed E-state index contributed by atoms with van der Waals surface area (Å²) in [6, 6.07) is 10.9. The van der Waals surface area contributed by atoms with Crippen molar-refractivity contribution in [3.05, 3.63) is 58.5 Å². The van der Waals surface area contributed by atoms with Crippen LogP contribution < -0.4 is 0 Å². The van der Waals surface area contributed by atoms with Gasteiger partial charge in [-0.3, -0.25) is 0 Å². The number of hydrogen-bond acceptors (Lipinski definition) is 4. The number of hydrogen-bond donors (Lipinski definition) is 0. The zero-order chi connectivity index (χ0) is 17.2. The topological polar surface area (TPSA) is 62.9 Å². The van der Waals surface area contributed by atoms with E-state index in [1.165, 1.54) is 4.41 Å². The maximum Gasteiger partial charge on any atom is 0.250 e. The van der Waals surface area contributed by atoms with Crippen molar-refractivity contribution in [1.29, 1.82) is 0 Å². The molecule has 1 aromatic carbocycles. The Bertz CT molecular complexity index is 814. The van der Waals surface area contributed by atoms with Crippen molar-refractivity contribution in [3.8, 4) is 0 Å². The lowest BCUT2D eigenvalue weighted by Gasteiger charge is -2.21. The Balaban J connectivity index is 1.95. The lowest BCUT2D eigenvalue weighted by Crippen LogP contribution is -2.29. The van der Waals surface area contributed by atoms with Gasteiger partial charge in [-0.05, 0) is 36.2 Å². The number of unbranched alkanes of at least 4 members (excludes halogenated alkanes) is 1. The summed E-state index contributed by atoms with van der Waals surface area (Å²) in [5, 5.41) is 4.44. The summed E-state index contributed by atoms with van der Waals surface area (Å²) < 4.78 is 33.1. The van der Waals surface area contributed by atoms with E-state index in [0.29, 0.717) is 18.6 Å². The number of sulfonamides is 1. The van der Waals surface area contributed by atoms with Crippen molar-refractivity contribution in [2.24, 2.45) is 5.10 Å². The minimum atomic E-state index is -3.47. The van der Waals surface area contributed by atoms with Crippen LogP contribution in [0.1, 0.15) is 43.6 Å². The normalized spacial score (nSPS) is 18.0. The van der Waals surface area contributed by atoms with Gasteiger partial charge in [0, 0.05) is 10.9 Å². The fraction of sp³-hybridized carbons (Fsp3) is 0.353. The van der Waals surface area contributed by atoms with E-state index in [-0.39, 0.29) is 5.75 Å². The maximum atomic E-state index is 12.7. The second-order valence-corrected chi connectivity index (χ2v) is 8.59. The van der Waals surface area contributed by atoms with Crippen LogP contribution >= 0.6 is 15.9 Å². The van der Waals surface area contributed by atoms with E-state index in [4.69, 9.17) is 4.42 Å². The maximum absolute atomic E-state index is 12.7. The van der Waals surface area contributed by atoms with Crippen molar-refractivity contribution in [1.82, 2.24) is 4.41 Å². The summed E-state index contributed by atoms with van der Waals surface area (Å²) in [5.41, 5.74) is 1.67. The number of benzene rings is 1. The Morgan fingerprint density at radius 3 is 2.67 bits per heavy atom. The minimum absolute atomic E-state index is 0.0951.